The lowest BCUT2D eigenvalue weighted by molar-refractivity contribution is -0.145. The Bertz CT molecular complexity index is 485. The second kappa shape index (κ2) is 7.53. The molecule has 1 aromatic carbocycles. The van der Waals surface area contributed by atoms with E-state index in [1.165, 1.54) is 0 Å². The fourth-order valence-corrected chi connectivity index (χ4v) is 1.93. The molecule has 0 saturated carbocycles. The highest BCUT2D eigenvalue weighted by atomic mass is 16.6. The minimum absolute atomic E-state index is 0.244. The molecule has 0 spiro atoms. The number of hydrogen-bond acceptors (Lipinski definition) is 4. The van der Waals surface area contributed by atoms with Gasteiger partial charge in [0.05, 0.1) is 13.2 Å². The lowest BCUT2D eigenvalue weighted by atomic mass is 9.99. The van der Waals surface area contributed by atoms with Crippen LogP contribution in [0.4, 0.5) is 4.79 Å². The molecule has 0 saturated heterocycles. The number of aryl methyl sites for hydroxylation is 2. The highest BCUT2D eigenvalue weighted by molar-refractivity contribution is 5.83. The highest BCUT2D eigenvalue weighted by Crippen LogP contribution is 2.20. The van der Waals surface area contributed by atoms with Crippen molar-refractivity contribution in [2.45, 2.75) is 33.7 Å². The van der Waals surface area contributed by atoms with Crippen LogP contribution in [-0.4, -0.2) is 25.3 Å². The van der Waals surface area contributed by atoms with Crippen molar-refractivity contribution in [1.82, 2.24) is 5.32 Å². The van der Waals surface area contributed by atoms with Gasteiger partial charge in [-0.2, -0.15) is 0 Å². The zero-order valence-electron chi connectivity index (χ0n) is 12.4. The van der Waals surface area contributed by atoms with E-state index in [-0.39, 0.29) is 13.2 Å². The molecule has 110 valence electrons. The van der Waals surface area contributed by atoms with Crippen LogP contribution >= 0.6 is 0 Å². The van der Waals surface area contributed by atoms with Crippen molar-refractivity contribution < 1.29 is 19.1 Å². The molecule has 1 aromatic rings. The first kappa shape index (κ1) is 16.0. The van der Waals surface area contributed by atoms with Crippen LogP contribution in [0.25, 0.3) is 0 Å². The van der Waals surface area contributed by atoms with E-state index in [2.05, 4.69) is 5.32 Å². The molecule has 0 aliphatic rings. The Morgan fingerprint density at radius 2 is 1.80 bits per heavy atom. The summed E-state index contributed by atoms with van der Waals surface area (Å²) < 4.78 is 9.84. The third kappa shape index (κ3) is 4.26. The summed E-state index contributed by atoms with van der Waals surface area (Å²) in [5.41, 5.74) is 2.71. The summed E-state index contributed by atoms with van der Waals surface area (Å²) in [6.45, 7) is 7.78. The molecule has 1 atom stereocenters. The maximum absolute atomic E-state index is 12.0. The first-order chi connectivity index (χ1) is 9.49. The molecule has 0 aliphatic carbocycles. The fourth-order valence-electron chi connectivity index (χ4n) is 1.93. The Morgan fingerprint density at radius 1 is 1.15 bits per heavy atom. The standard InChI is InChI=1S/C15H21NO4/c1-5-19-14(17)13(16-15(18)20-6-2)12-8-7-10(3)9-11(12)4/h7-9,13H,5-6H2,1-4H3,(H,16,18). The average molecular weight is 279 g/mol. The molecule has 1 N–H and O–H groups in total. The van der Waals surface area contributed by atoms with Crippen molar-refractivity contribution in [3.63, 3.8) is 0 Å². The van der Waals surface area contributed by atoms with E-state index in [0.717, 1.165) is 11.1 Å². The van der Waals surface area contributed by atoms with E-state index >= 15 is 0 Å². The summed E-state index contributed by atoms with van der Waals surface area (Å²) in [6.07, 6.45) is -0.634. The monoisotopic (exact) mass is 279 g/mol. The van der Waals surface area contributed by atoms with Crippen LogP contribution in [0.3, 0.4) is 0 Å². The number of amides is 1. The van der Waals surface area contributed by atoms with E-state index in [9.17, 15) is 9.59 Å². The van der Waals surface area contributed by atoms with Gasteiger partial charge in [0.25, 0.3) is 0 Å². The van der Waals surface area contributed by atoms with Gasteiger partial charge < -0.3 is 14.8 Å². The Labute approximate surface area is 119 Å². The number of carbonyl (C=O) groups is 2. The Morgan fingerprint density at radius 3 is 2.35 bits per heavy atom. The van der Waals surface area contributed by atoms with Crippen molar-refractivity contribution in [2.75, 3.05) is 13.2 Å². The Hall–Kier alpha value is -2.04. The number of esters is 1. The maximum atomic E-state index is 12.0. The van der Waals surface area contributed by atoms with Crippen LogP contribution in [0.1, 0.15) is 36.6 Å². The Kier molecular flexibility index (Phi) is 6.03. The van der Waals surface area contributed by atoms with Crippen LogP contribution in [0.5, 0.6) is 0 Å². The second-order valence-electron chi connectivity index (χ2n) is 4.41. The van der Waals surface area contributed by atoms with E-state index in [1.54, 1.807) is 13.8 Å². The van der Waals surface area contributed by atoms with Crippen LogP contribution in [0.2, 0.25) is 0 Å². The van der Waals surface area contributed by atoms with Crippen molar-refractivity contribution in [3.05, 3.63) is 34.9 Å². The third-order valence-electron chi connectivity index (χ3n) is 2.80. The largest absolute Gasteiger partial charge is 0.464 e. The molecule has 20 heavy (non-hydrogen) atoms. The molecular formula is C15H21NO4. The van der Waals surface area contributed by atoms with Crippen LogP contribution in [-0.2, 0) is 14.3 Å². The minimum atomic E-state index is -0.852. The molecular weight excluding hydrogens is 258 g/mol. The molecule has 0 aromatic heterocycles. The van der Waals surface area contributed by atoms with Crippen molar-refractivity contribution in [1.29, 1.82) is 0 Å². The fraction of sp³-hybridized carbons (Fsp3) is 0.467. The van der Waals surface area contributed by atoms with E-state index in [1.807, 2.05) is 32.0 Å². The summed E-state index contributed by atoms with van der Waals surface area (Å²) in [7, 11) is 0. The molecule has 0 bridgehead atoms. The van der Waals surface area contributed by atoms with Crippen LogP contribution in [0, 0.1) is 13.8 Å². The molecule has 0 aliphatic heterocycles. The van der Waals surface area contributed by atoms with Gasteiger partial charge in [-0.15, -0.1) is 0 Å². The van der Waals surface area contributed by atoms with Crippen LogP contribution in [0.15, 0.2) is 18.2 Å². The summed E-state index contributed by atoms with van der Waals surface area (Å²) in [5, 5.41) is 2.54. The number of carbonyl (C=O) groups excluding carboxylic acids is 2. The predicted octanol–water partition coefficient (Wildman–Crippen LogP) is 2.65. The number of hydrogen-bond donors (Lipinski definition) is 1. The number of ether oxygens (including phenoxy) is 2. The molecule has 5 nitrogen and oxygen atoms in total. The lowest BCUT2D eigenvalue weighted by Crippen LogP contribution is -2.35. The topological polar surface area (TPSA) is 64.6 Å². The van der Waals surface area contributed by atoms with E-state index < -0.39 is 18.1 Å². The van der Waals surface area contributed by atoms with Gasteiger partial charge in [0, 0.05) is 0 Å². The molecule has 5 heteroatoms. The highest BCUT2D eigenvalue weighted by Gasteiger charge is 2.26. The van der Waals surface area contributed by atoms with Gasteiger partial charge in [0.1, 0.15) is 0 Å². The minimum Gasteiger partial charge on any atom is -0.464 e. The summed E-state index contributed by atoms with van der Waals surface area (Å²) in [6, 6.07) is 4.81. The normalized spacial score (nSPS) is 11.6. The van der Waals surface area contributed by atoms with Gasteiger partial charge in [-0.1, -0.05) is 23.8 Å². The number of nitrogens with one attached hydrogen (secondary N) is 1. The SMILES string of the molecule is CCOC(=O)NC(C(=O)OCC)c1ccc(C)cc1C. The quantitative estimate of drug-likeness (QED) is 0.842. The van der Waals surface area contributed by atoms with Crippen molar-refractivity contribution >= 4 is 12.1 Å². The van der Waals surface area contributed by atoms with Crippen LogP contribution < -0.4 is 5.32 Å². The van der Waals surface area contributed by atoms with E-state index in [0.29, 0.717) is 5.56 Å². The van der Waals surface area contributed by atoms with Gasteiger partial charge in [-0.3, -0.25) is 0 Å². The Balaban J connectivity index is 3.02. The summed E-state index contributed by atoms with van der Waals surface area (Å²) in [4.78, 5) is 23.6. The first-order valence-corrected chi connectivity index (χ1v) is 6.66. The van der Waals surface area contributed by atoms with Crippen molar-refractivity contribution in [3.8, 4) is 0 Å². The summed E-state index contributed by atoms with van der Waals surface area (Å²) in [5.74, 6) is -0.493. The zero-order chi connectivity index (χ0) is 15.1. The average Bonchev–Trinajstić information content (AvgIpc) is 2.37. The van der Waals surface area contributed by atoms with Gasteiger partial charge in [-0.05, 0) is 38.8 Å². The molecule has 0 fully saturated rings. The van der Waals surface area contributed by atoms with E-state index in [4.69, 9.17) is 9.47 Å². The van der Waals surface area contributed by atoms with Gasteiger partial charge in [0.2, 0.25) is 0 Å². The first-order valence-electron chi connectivity index (χ1n) is 6.66. The molecule has 1 unspecified atom stereocenters. The lowest BCUT2D eigenvalue weighted by Gasteiger charge is -2.19. The third-order valence-corrected chi connectivity index (χ3v) is 2.80. The molecule has 1 amide bonds. The van der Waals surface area contributed by atoms with Crippen molar-refractivity contribution in [2.24, 2.45) is 0 Å². The van der Waals surface area contributed by atoms with Gasteiger partial charge in [-0.25, -0.2) is 9.59 Å². The number of alkyl carbamates (subject to hydrolysis) is 1. The smallest absolute Gasteiger partial charge is 0.408 e. The number of rotatable bonds is 5. The van der Waals surface area contributed by atoms with Gasteiger partial charge in [0.15, 0.2) is 6.04 Å². The maximum Gasteiger partial charge on any atom is 0.408 e. The summed E-state index contributed by atoms with van der Waals surface area (Å²) >= 11 is 0. The molecule has 1 rings (SSSR count). The molecule has 0 radical (unpaired) electrons. The number of benzene rings is 1. The zero-order valence-corrected chi connectivity index (χ0v) is 12.4. The molecule has 0 heterocycles. The van der Waals surface area contributed by atoms with Gasteiger partial charge >= 0.3 is 12.1 Å². The predicted molar refractivity (Wildman–Crippen MR) is 75.4 cm³/mol. The second-order valence-corrected chi connectivity index (χ2v) is 4.41.